The predicted molar refractivity (Wildman–Crippen MR) is 51.2 cm³/mol. The van der Waals surface area contributed by atoms with Crippen LogP contribution in [0.2, 0.25) is 0 Å². The summed E-state index contributed by atoms with van der Waals surface area (Å²) in [6.07, 6.45) is 4.53. The molecule has 1 fully saturated rings. The van der Waals surface area contributed by atoms with Crippen molar-refractivity contribution in [3.8, 4) is 0 Å². The van der Waals surface area contributed by atoms with Crippen LogP contribution in [0.4, 0.5) is 0 Å². The van der Waals surface area contributed by atoms with Gasteiger partial charge in [0.1, 0.15) is 5.78 Å². The molecule has 0 aromatic heterocycles. The average molecular weight is 187 g/mol. The Morgan fingerprint density at radius 2 is 2.33 bits per heavy atom. The Balaban J connectivity index is 2.66. The third-order valence-electron chi connectivity index (χ3n) is 2.64. The van der Waals surface area contributed by atoms with Crippen LogP contribution in [-0.2, 0) is 4.79 Å². The Morgan fingerprint density at radius 1 is 1.67 bits per heavy atom. The van der Waals surface area contributed by atoms with E-state index in [2.05, 4.69) is 6.58 Å². The Labute approximate surface area is 78.8 Å². The number of hydrogen-bond donors (Lipinski definition) is 0. The van der Waals surface area contributed by atoms with Crippen molar-refractivity contribution in [2.24, 2.45) is 5.41 Å². The zero-order valence-electron chi connectivity index (χ0n) is 7.53. The molecule has 0 saturated heterocycles. The molecule has 1 unspecified atom stereocenters. The van der Waals surface area contributed by atoms with Gasteiger partial charge in [-0.2, -0.15) is 0 Å². The van der Waals surface area contributed by atoms with Gasteiger partial charge in [-0.15, -0.1) is 0 Å². The quantitative estimate of drug-likeness (QED) is 0.647. The van der Waals surface area contributed by atoms with Crippen molar-refractivity contribution >= 4 is 17.4 Å². The highest BCUT2D eigenvalue weighted by molar-refractivity contribution is 6.29. The number of rotatable bonds is 2. The normalized spacial score (nSPS) is 30.3. The van der Waals surface area contributed by atoms with Crippen LogP contribution in [0.1, 0.15) is 39.0 Å². The molecule has 1 nitrogen and oxygen atoms in total. The molecule has 1 atom stereocenters. The zero-order chi connectivity index (χ0) is 9.19. The summed E-state index contributed by atoms with van der Waals surface area (Å²) >= 11 is 5.72. The monoisotopic (exact) mass is 186 g/mol. The molecule has 0 aromatic rings. The number of allylic oxidation sites excluding steroid dienone is 1. The van der Waals surface area contributed by atoms with Gasteiger partial charge in [-0.25, -0.2) is 0 Å². The Morgan fingerprint density at radius 3 is 2.83 bits per heavy atom. The fourth-order valence-corrected chi connectivity index (χ4v) is 2.15. The van der Waals surface area contributed by atoms with E-state index < -0.39 is 0 Å². The molecule has 1 saturated carbocycles. The van der Waals surface area contributed by atoms with E-state index in [1.807, 2.05) is 6.92 Å². The second kappa shape index (κ2) is 3.61. The summed E-state index contributed by atoms with van der Waals surface area (Å²) in [6, 6.07) is 0. The minimum atomic E-state index is -0.211. The fraction of sp³-hybridized carbons (Fsp3) is 0.700. The number of carbonyl (C=O) groups is 1. The highest BCUT2D eigenvalue weighted by atomic mass is 35.5. The molecule has 0 aromatic carbocycles. The maximum absolute atomic E-state index is 11.6. The van der Waals surface area contributed by atoms with E-state index in [0.29, 0.717) is 17.2 Å². The first-order valence-electron chi connectivity index (χ1n) is 4.41. The molecule has 0 bridgehead atoms. The van der Waals surface area contributed by atoms with E-state index in [0.717, 1.165) is 25.7 Å². The minimum Gasteiger partial charge on any atom is -0.299 e. The van der Waals surface area contributed by atoms with Crippen molar-refractivity contribution in [2.75, 3.05) is 0 Å². The lowest BCUT2D eigenvalue weighted by Crippen LogP contribution is -2.30. The standard InChI is InChI=1S/C10H15ClO/c1-8(11)7-10(2)6-4-3-5-9(10)12/h1,3-7H2,2H3. The van der Waals surface area contributed by atoms with Gasteiger partial charge in [0.25, 0.3) is 0 Å². The van der Waals surface area contributed by atoms with Crippen molar-refractivity contribution in [2.45, 2.75) is 39.0 Å². The summed E-state index contributed by atoms with van der Waals surface area (Å²) in [5, 5.41) is 0.604. The van der Waals surface area contributed by atoms with Crippen molar-refractivity contribution in [1.82, 2.24) is 0 Å². The first kappa shape index (κ1) is 9.79. The van der Waals surface area contributed by atoms with Gasteiger partial charge < -0.3 is 0 Å². The van der Waals surface area contributed by atoms with Crippen molar-refractivity contribution in [1.29, 1.82) is 0 Å². The van der Waals surface area contributed by atoms with Crippen molar-refractivity contribution in [3.05, 3.63) is 11.6 Å². The van der Waals surface area contributed by atoms with Crippen LogP contribution in [0.15, 0.2) is 11.6 Å². The maximum Gasteiger partial charge on any atom is 0.139 e. The molecule has 0 N–H and O–H groups in total. The van der Waals surface area contributed by atoms with Crippen LogP contribution in [0, 0.1) is 5.41 Å². The van der Waals surface area contributed by atoms with E-state index in [1.165, 1.54) is 0 Å². The predicted octanol–water partition coefficient (Wildman–Crippen LogP) is 3.28. The lowest BCUT2D eigenvalue weighted by atomic mass is 9.72. The first-order chi connectivity index (χ1) is 5.54. The SMILES string of the molecule is C=C(Cl)CC1(C)CCCCC1=O. The van der Waals surface area contributed by atoms with E-state index in [4.69, 9.17) is 11.6 Å². The fourth-order valence-electron chi connectivity index (χ4n) is 1.85. The molecule has 0 amide bonds. The average Bonchev–Trinajstić information content (AvgIpc) is 1.94. The Kier molecular flexibility index (Phi) is 2.94. The third-order valence-corrected chi connectivity index (χ3v) is 2.77. The molecule has 0 heterocycles. The van der Waals surface area contributed by atoms with E-state index in [9.17, 15) is 4.79 Å². The zero-order valence-corrected chi connectivity index (χ0v) is 8.28. The van der Waals surface area contributed by atoms with Crippen molar-refractivity contribution in [3.63, 3.8) is 0 Å². The molecule has 68 valence electrons. The molecule has 0 aliphatic heterocycles. The summed E-state index contributed by atoms with van der Waals surface area (Å²) in [7, 11) is 0. The van der Waals surface area contributed by atoms with E-state index in [1.54, 1.807) is 0 Å². The second-order valence-corrected chi connectivity index (χ2v) is 4.42. The van der Waals surface area contributed by atoms with Gasteiger partial charge in [0.05, 0.1) is 0 Å². The number of hydrogen-bond acceptors (Lipinski definition) is 1. The highest BCUT2D eigenvalue weighted by Gasteiger charge is 2.34. The number of ketones is 1. The number of carbonyl (C=O) groups excluding carboxylic acids is 1. The summed E-state index contributed by atoms with van der Waals surface area (Å²) in [6.45, 7) is 5.64. The van der Waals surface area contributed by atoms with Crippen LogP contribution >= 0.6 is 11.6 Å². The molecule has 1 aliphatic rings. The molecule has 2 heteroatoms. The molecular formula is C10H15ClO. The van der Waals surface area contributed by atoms with Gasteiger partial charge in [0.2, 0.25) is 0 Å². The smallest absolute Gasteiger partial charge is 0.139 e. The number of Topliss-reactive ketones (excluding diaryl/α,β-unsaturated/α-hetero) is 1. The van der Waals surface area contributed by atoms with Crippen LogP contribution in [-0.4, -0.2) is 5.78 Å². The molecule has 1 rings (SSSR count). The molecule has 1 aliphatic carbocycles. The van der Waals surface area contributed by atoms with Gasteiger partial charge in [-0.3, -0.25) is 4.79 Å². The topological polar surface area (TPSA) is 17.1 Å². The second-order valence-electron chi connectivity index (χ2n) is 3.88. The summed E-state index contributed by atoms with van der Waals surface area (Å²) in [4.78, 5) is 11.6. The number of halogens is 1. The van der Waals surface area contributed by atoms with E-state index in [-0.39, 0.29) is 5.41 Å². The van der Waals surface area contributed by atoms with Crippen molar-refractivity contribution < 1.29 is 4.79 Å². The largest absolute Gasteiger partial charge is 0.299 e. The minimum absolute atomic E-state index is 0.211. The van der Waals surface area contributed by atoms with Crippen LogP contribution < -0.4 is 0 Å². The lowest BCUT2D eigenvalue weighted by Gasteiger charge is -2.31. The van der Waals surface area contributed by atoms with Gasteiger partial charge in [0.15, 0.2) is 0 Å². The van der Waals surface area contributed by atoms with Gasteiger partial charge in [-0.05, 0) is 19.3 Å². The summed E-state index contributed by atoms with van der Waals surface area (Å²) in [5.74, 6) is 0.357. The third kappa shape index (κ3) is 2.10. The van der Waals surface area contributed by atoms with Crippen LogP contribution in [0.3, 0.4) is 0 Å². The Bertz CT molecular complexity index is 210. The lowest BCUT2D eigenvalue weighted by molar-refractivity contribution is -0.130. The van der Waals surface area contributed by atoms with Gasteiger partial charge >= 0.3 is 0 Å². The molecule has 0 radical (unpaired) electrons. The van der Waals surface area contributed by atoms with Crippen LogP contribution in [0.25, 0.3) is 0 Å². The van der Waals surface area contributed by atoms with E-state index >= 15 is 0 Å². The molecule has 0 spiro atoms. The summed E-state index contributed by atoms with van der Waals surface area (Å²) < 4.78 is 0. The van der Waals surface area contributed by atoms with Crippen LogP contribution in [0.5, 0.6) is 0 Å². The first-order valence-corrected chi connectivity index (χ1v) is 4.79. The molecule has 12 heavy (non-hydrogen) atoms. The Hall–Kier alpha value is -0.300. The van der Waals surface area contributed by atoms with Gasteiger partial charge in [0, 0.05) is 16.9 Å². The van der Waals surface area contributed by atoms with Gasteiger partial charge in [-0.1, -0.05) is 31.5 Å². The maximum atomic E-state index is 11.6. The molecular weight excluding hydrogens is 172 g/mol. The highest BCUT2D eigenvalue weighted by Crippen LogP contribution is 2.38. The summed E-state index contributed by atoms with van der Waals surface area (Å²) in [5.41, 5.74) is -0.211.